The number of anilines is 1. The average Bonchev–Trinajstić information content (AvgIpc) is 2.54. The molecule has 126 valence electrons. The molecule has 0 spiro atoms. The van der Waals surface area contributed by atoms with E-state index >= 15 is 0 Å². The number of hydrogen-bond donors (Lipinski definition) is 2. The molecule has 1 unspecified atom stereocenters. The van der Waals surface area contributed by atoms with Crippen molar-refractivity contribution in [3.63, 3.8) is 0 Å². The van der Waals surface area contributed by atoms with Crippen LogP contribution in [0.1, 0.15) is 37.0 Å². The highest BCUT2D eigenvalue weighted by Crippen LogP contribution is 2.11. The van der Waals surface area contributed by atoms with E-state index in [0.29, 0.717) is 24.3 Å². The van der Waals surface area contributed by atoms with Gasteiger partial charge in [-0.1, -0.05) is 22.9 Å². The Morgan fingerprint density at radius 2 is 1.83 bits per heavy atom. The lowest BCUT2D eigenvalue weighted by atomic mass is 10.2. The van der Waals surface area contributed by atoms with Gasteiger partial charge < -0.3 is 15.4 Å². The van der Waals surface area contributed by atoms with Crippen molar-refractivity contribution >= 4 is 39.4 Å². The van der Waals surface area contributed by atoms with Gasteiger partial charge in [0.2, 0.25) is 11.8 Å². The van der Waals surface area contributed by atoms with E-state index in [2.05, 4.69) is 26.6 Å². The van der Waals surface area contributed by atoms with Crippen molar-refractivity contribution < 1.29 is 19.1 Å². The van der Waals surface area contributed by atoms with Gasteiger partial charge in [-0.2, -0.15) is 0 Å². The molecule has 7 heteroatoms. The van der Waals surface area contributed by atoms with Crippen LogP contribution in [-0.2, 0) is 14.3 Å². The molecule has 0 aliphatic heterocycles. The molecule has 1 rings (SSSR count). The van der Waals surface area contributed by atoms with Gasteiger partial charge in [-0.25, -0.2) is 4.79 Å². The molecule has 0 heterocycles. The van der Waals surface area contributed by atoms with Crippen molar-refractivity contribution in [3.05, 3.63) is 29.8 Å². The second kappa shape index (κ2) is 9.99. The van der Waals surface area contributed by atoms with Gasteiger partial charge in [0.05, 0.1) is 17.0 Å². The van der Waals surface area contributed by atoms with Gasteiger partial charge in [-0.05, 0) is 37.6 Å². The molecule has 0 aliphatic carbocycles. The van der Waals surface area contributed by atoms with E-state index in [9.17, 15) is 14.4 Å². The van der Waals surface area contributed by atoms with Crippen molar-refractivity contribution in [2.45, 2.75) is 31.5 Å². The number of amides is 2. The van der Waals surface area contributed by atoms with Gasteiger partial charge in [0.15, 0.2) is 0 Å². The quantitative estimate of drug-likeness (QED) is 0.532. The highest BCUT2D eigenvalue weighted by molar-refractivity contribution is 9.10. The molecule has 1 aromatic rings. The number of esters is 1. The summed E-state index contributed by atoms with van der Waals surface area (Å²) in [6.45, 7) is 4.22. The van der Waals surface area contributed by atoms with Gasteiger partial charge in [0.1, 0.15) is 0 Å². The number of alkyl halides is 1. The number of carbonyl (C=O) groups excluding carboxylic acids is 3. The molecule has 0 radical (unpaired) electrons. The van der Waals surface area contributed by atoms with E-state index < -0.39 is 5.97 Å². The fraction of sp³-hybridized carbons (Fsp3) is 0.438. The molecule has 23 heavy (non-hydrogen) atoms. The maximum Gasteiger partial charge on any atom is 0.338 e. The summed E-state index contributed by atoms with van der Waals surface area (Å²) in [6, 6.07) is 6.45. The lowest BCUT2D eigenvalue weighted by molar-refractivity contribution is -0.120. The average molecular weight is 385 g/mol. The molecule has 6 nitrogen and oxygen atoms in total. The maximum absolute atomic E-state index is 11.8. The summed E-state index contributed by atoms with van der Waals surface area (Å²) < 4.78 is 4.88. The number of benzene rings is 1. The van der Waals surface area contributed by atoms with E-state index in [1.54, 1.807) is 31.2 Å². The molecule has 0 saturated carbocycles. The minimum atomic E-state index is -0.395. The summed E-state index contributed by atoms with van der Waals surface area (Å²) in [5.74, 6) is -0.732. The summed E-state index contributed by atoms with van der Waals surface area (Å²) in [5, 5.41) is 5.38. The highest BCUT2D eigenvalue weighted by Gasteiger charge is 2.12. The summed E-state index contributed by atoms with van der Waals surface area (Å²) in [6.07, 6.45) is 0.861. The Hall–Kier alpha value is -1.89. The van der Waals surface area contributed by atoms with Crippen LogP contribution in [0.4, 0.5) is 5.69 Å². The maximum atomic E-state index is 11.8. The van der Waals surface area contributed by atoms with Crippen LogP contribution in [0.3, 0.4) is 0 Å². The van der Waals surface area contributed by atoms with Gasteiger partial charge in [-0.15, -0.1) is 0 Å². The predicted molar refractivity (Wildman–Crippen MR) is 91.7 cm³/mol. The van der Waals surface area contributed by atoms with E-state index in [-0.39, 0.29) is 29.6 Å². The van der Waals surface area contributed by atoms with Gasteiger partial charge in [-0.3, -0.25) is 9.59 Å². The molecule has 0 aromatic heterocycles. The van der Waals surface area contributed by atoms with Crippen LogP contribution < -0.4 is 10.6 Å². The zero-order valence-corrected chi connectivity index (χ0v) is 14.8. The third-order valence-electron chi connectivity index (χ3n) is 2.97. The second-order valence-electron chi connectivity index (χ2n) is 4.76. The fourth-order valence-electron chi connectivity index (χ4n) is 1.72. The standard InChI is InChI=1S/C16H21BrN2O4/c1-3-13(17)15(21)18-10-9-14(20)19-12-7-5-11(6-8-12)16(22)23-4-2/h5-8,13H,3-4,9-10H2,1-2H3,(H,18,21)(H,19,20). The van der Waals surface area contributed by atoms with Crippen molar-refractivity contribution in [1.29, 1.82) is 0 Å². The zero-order valence-electron chi connectivity index (χ0n) is 13.2. The zero-order chi connectivity index (χ0) is 17.2. The van der Waals surface area contributed by atoms with Crippen molar-refractivity contribution in [2.75, 3.05) is 18.5 Å². The van der Waals surface area contributed by atoms with Crippen LogP contribution in [0.2, 0.25) is 0 Å². The summed E-state index contributed by atoms with van der Waals surface area (Å²) in [7, 11) is 0. The minimum Gasteiger partial charge on any atom is -0.462 e. The van der Waals surface area contributed by atoms with Gasteiger partial charge in [0, 0.05) is 18.7 Å². The van der Waals surface area contributed by atoms with E-state index in [0.717, 1.165) is 0 Å². The Balaban J connectivity index is 2.40. The van der Waals surface area contributed by atoms with Crippen LogP contribution in [0.25, 0.3) is 0 Å². The van der Waals surface area contributed by atoms with Gasteiger partial charge in [0.25, 0.3) is 0 Å². The van der Waals surface area contributed by atoms with Crippen LogP contribution in [0.5, 0.6) is 0 Å². The Labute approximate surface area is 144 Å². The number of hydrogen-bond acceptors (Lipinski definition) is 4. The molecular weight excluding hydrogens is 364 g/mol. The van der Waals surface area contributed by atoms with E-state index in [1.165, 1.54) is 0 Å². The first-order valence-corrected chi connectivity index (χ1v) is 8.38. The molecule has 2 N–H and O–H groups in total. The van der Waals surface area contributed by atoms with Gasteiger partial charge >= 0.3 is 5.97 Å². The molecule has 1 aromatic carbocycles. The Morgan fingerprint density at radius 3 is 2.39 bits per heavy atom. The fourth-order valence-corrected chi connectivity index (χ4v) is 1.88. The molecule has 0 fully saturated rings. The third-order valence-corrected chi connectivity index (χ3v) is 4.04. The van der Waals surface area contributed by atoms with Crippen molar-refractivity contribution in [2.24, 2.45) is 0 Å². The SMILES string of the molecule is CCOC(=O)c1ccc(NC(=O)CCNC(=O)C(Br)CC)cc1. The monoisotopic (exact) mass is 384 g/mol. The largest absolute Gasteiger partial charge is 0.462 e. The lowest BCUT2D eigenvalue weighted by Gasteiger charge is -2.09. The minimum absolute atomic E-state index is 0.126. The number of halogens is 1. The second-order valence-corrected chi connectivity index (χ2v) is 5.87. The highest BCUT2D eigenvalue weighted by atomic mass is 79.9. The third kappa shape index (κ3) is 6.81. The first kappa shape index (κ1) is 19.2. The Morgan fingerprint density at radius 1 is 1.17 bits per heavy atom. The summed E-state index contributed by atoms with van der Waals surface area (Å²) >= 11 is 3.24. The predicted octanol–water partition coefficient (Wildman–Crippen LogP) is 2.48. The number of nitrogens with one attached hydrogen (secondary N) is 2. The topological polar surface area (TPSA) is 84.5 Å². The van der Waals surface area contributed by atoms with E-state index in [1.807, 2.05) is 6.92 Å². The van der Waals surface area contributed by atoms with Crippen LogP contribution in [0.15, 0.2) is 24.3 Å². The van der Waals surface area contributed by atoms with Crippen LogP contribution in [-0.4, -0.2) is 35.8 Å². The first-order chi connectivity index (χ1) is 11.0. The molecule has 0 saturated heterocycles. The van der Waals surface area contributed by atoms with Crippen LogP contribution >= 0.6 is 15.9 Å². The van der Waals surface area contributed by atoms with Crippen molar-refractivity contribution in [3.8, 4) is 0 Å². The van der Waals surface area contributed by atoms with Crippen molar-refractivity contribution in [1.82, 2.24) is 5.32 Å². The Bertz CT molecular complexity index is 546. The Kier molecular flexibility index (Phi) is 8.32. The first-order valence-electron chi connectivity index (χ1n) is 7.46. The van der Waals surface area contributed by atoms with Crippen LogP contribution in [0, 0.1) is 0 Å². The molecule has 2 amide bonds. The molecular formula is C16H21BrN2O4. The molecule has 1 atom stereocenters. The lowest BCUT2D eigenvalue weighted by Crippen LogP contribution is -2.33. The molecule has 0 bridgehead atoms. The smallest absolute Gasteiger partial charge is 0.338 e. The number of carbonyl (C=O) groups is 3. The number of ether oxygens (including phenoxy) is 1. The number of rotatable bonds is 8. The summed E-state index contributed by atoms with van der Waals surface area (Å²) in [5.41, 5.74) is 1.02. The molecule has 0 aliphatic rings. The summed E-state index contributed by atoms with van der Waals surface area (Å²) in [4.78, 5) is 34.6. The van der Waals surface area contributed by atoms with E-state index in [4.69, 9.17) is 4.74 Å². The normalized spacial score (nSPS) is 11.4.